The molecule has 0 N–H and O–H groups in total. The first kappa shape index (κ1) is 7.78. The van der Waals surface area contributed by atoms with Gasteiger partial charge in [0.25, 0.3) is 0 Å². The summed E-state index contributed by atoms with van der Waals surface area (Å²) in [5, 5.41) is 9.50. The van der Waals surface area contributed by atoms with E-state index < -0.39 is 19.3 Å². The van der Waals surface area contributed by atoms with Crippen molar-refractivity contribution in [2.24, 2.45) is 0 Å². The average Bonchev–Trinajstić information content (AvgIpc) is 1.65. The minimum atomic E-state index is -2.00. The molecular weight excluding hydrogens is 118 g/mol. The molecular formula is C4H7F2O2. The molecule has 0 saturated heterocycles. The van der Waals surface area contributed by atoms with Crippen LogP contribution in [0.15, 0.2) is 0 Å². The monoisotopic (exact) mass is 125 g/mol. The summed E-state index contributed by atoms with van der Waals surface area (Å²) in [7, 11) is 0. The van der Waals surface area contributed by atoms with E-state index in [0.29, 0.717) is 0 Å². The van der Waals surface area contributed by atoms with Crippen molar-refractivity contribution in [1.29, 1.82) is 0 Å². The van der Waals surface area contributed by atoms with Crippen molar-refractivity contribution in [2.75, 3.05) is 6.61 Å². The van der Waals surface area contributed by atoms with Crippen molar-refractivity contribution in [1.82, 2.24) is 0 Å². The molecule has 8 heavy (non-hydrogen) atoms. The number of hydrogen-bond acceptors (Lipinski definition) is 1. The zero-order valence-corrected chi connectivity index (χ0v) is 4.43. The number of ether oxygens (including phenoxy) is 1. The molecule has 2 nitrogen and oxygen atoms in total. The predicted octanol–water partition coefficient (Wildman–Crippen LogP) is 1.04. The Balaban J connectivity index is 3.10. The Morgan fingerprint density at radius 3 is 2.25 bits per heavy atom. The van der Waals surface area contributed by atoms with Crippen LogP contribution >= 0.6 is 0 Å². The molecule has 0 aliphatic heterocycles. The van der Waals surface area contributed by atoms with Crippen LogP contribution in [-0.2, 0) is 9.84 Å². The molecule has 0 fully saturated rings. The Morgan fingerprint density at radius 1 is 1.62 bits per heavy atom. The van der Waals surface area contributed by atoms with Gasteiger partial charge in [-0.1, -0.05) is 0 Å². The topological polar surface area (TPSA) is 29.1 Å². The van der Waals surface area contributed by atoms with E-state index in [1.54, 1.807) is 0 Å². The third kappa shape index (κ3) is 3.95. The zero-order valence-electron chi connectivity index (χ0n) is 4.43. The zero-order chi connectivity index (χ0) is 6.57. The molecule has 2 unspecified atom stereocenters. The number of hydrogen-bond donors (Lipinski definition) is 0. The van der Waals surface area contributed by atoms with E-state index >= 15 is 0 Å². The standard InChI is InChI=1S/C4H7F2O2/c1-3(5)8-4(6)2-7/h3-4H,2H2,1H3. The normalized spacial score (nSPS) is 18.0. The molecule has 49 valence electrons. The van der Waals surface area contributed by atoms with E-state index in [1.165, 1.54) is 0 Å². The summed E-state index contributed by atoms with van der Waals surface area (Å²) in [6.45, 7) is -0.0312. The first-order chi connectivity index (χ1) is 3.66. The van der Waals surface area contributed by atoms with Gasteiger partial charge in [0.2, 0.25) is 6.36 Å². The fourth-order valence-corrected chi connectivity index (χ4v) is 0.243. The van der Waals surface area contributed by atoms with Crippen molar-refractivity contribution in [3.8, 4) is 0 Å². The maximum absolute atomic E-state index is 11.6. The molecule has 2 atom stereocenters. The Bertz CT molecular complexity index is 58.0. The summed E-state index contributed by atoms with van der Waals surface area (Å²) < 4.78 is 26.9. The summed E-state index contributed by atoms with van der Waals surface area (Å²) in [5.41, 5.74) is 0. The van der Waals surface area contributed by atoms with Crippen molar-refractivity contribution < 1.29 is 18.6 Å². The molecule has 0 heterocycles. The SMILES string of the molecule is CC(F)OC(F)C[O]. The lowest BCUT2D eigenvalue weighted by molar-refractivity contribution is -0.155. The number of alkyl halides is 2. The van der Waals surface area contributed by atoms with Crippen LogP contribution in [0.25, 0.3) is 0 Å². The van der Waals surface area contributed by atoms with Crippen LogP contribution in [0.3, 0.4) is 0 Å². The van der Waals surface area contributed by atoms with Gasteiger partial charge in [0.1, 0.15) is 6.61 Å². The third-order valence-electron chi connectivity index (χ3n) is 0.466. The molecule has 0 spiro atoms. The highest BCUT2D eigenvalue weighted by molar-refractivity contribution is 4.34. The molecule has 0 aromatic carbocycles. The van der Waals surface area contributed by atoms with Gasteiger partial charge < -0.3 is 4.74 Å². The Labute approximate surface area is 46.1 Å². The molecule has 1 radical (unpaired) electrons. The highest BCUT2D eigenvalue weighted by Gasteiger charge is 2.08. The average molecular weight is 125 g/mol. The van der Waals surface area contributed by atoms with Crippen molar-refractivity contribution in [3.63, 3.8) is 0 Å². The van der Waals surface area contributed by atoms with Crippen LogP contribution < -0.4 is 0 Å². The second-order valence-corrected chi connectivity index (χ2v) is 1.26. The largest absolute Gasteiger partial charge is 0.312 e. The van der Waals surface area contributed by atoms with Crippen molar-refractivity contribution >= 4 is 0 Å². The molecule has 0 rings (SSSR count). The van der Waals surface area contributed by atoms with Crippen LogP contribution in [0.5, 0.6) is 0 Å². The van der Waals surface area contributed by atoms with Gasteiger partial charge in [-0.3, -0.25) is 0 Å². The third-order valence-corrected chi connectivity index (χ3v) is 0.466. The molecule has 0 bridgehead atoms. The van der Waals surface area contributed by atoms with Crippen molar-refractivity contribution in [3.05, 3.63) is 0 Å². The fraction of sp³-hybridized carbons (Fsp3) is 1.00. The summed E-state index contributed by atoms with van der Waals surface area (Å²) in [5.74, 6) is 0. The van der Waals surface area contributed by atoms with Crippen LogP contribution in [0.1, 0.15) is 6.92 Å². The maximum atomic E-state index is 11.6. The van der Waals surface area contributed by atoms with E-state index in [1.807, 2.05) is 0 Å². The molecule has 0 saturated carbocycles. The molecule has 0 amide bonds. The van der Waals surface area contributed by atoms with E-state index in [4.69, 9.17) is 0 Å². The molecule has 0 aliphatic rings. The molecule has 0 aromatic heterocycles. The number of rotatable bonds is 3. The van der Waals surface area contributed by atoms with Gasteiger partial charge in [-0.15, -0.1) is 0 Å². The predicted molar refractivity (Wildman–Crippen MR) is 22.1 cm³/mol. The van der Waals surface area contributed by atoms with Gasteiger partial charge >= 0.3 is 0 Å². The van der Waals surface area contributed by atoms with E-state index in [0.717, 1.165) is 6.92 Å². The Morgan fingerprint density at radius 2 is 2.12 bits per heavy atom. The van der Waals surface area contributed by atoms with Crippen LogP contribution in [0, 0.1) is 0 Å². The van der Waals surface area contributed by atoms with Crippen LogP contribution in [-0.4, -0.2) is 19.3 Å². The molecule has 4 heteroatoms. The highest BCUT2D eigenvalue weighted by Crippen LogP contribution is 1.98. The smallest absolute Gasteiger partial charge is 0.228 e. The second-order valence-electron chi connectivity index (χ2n) is 1.26. The van der Waals surface area contributed by atoms with Crippen LogP contribution in [0.2, 0.25) is 0 Å². The van der Waals surface area contributed by atoms with Gasteiger partial charge in [0.05, 0.1) is 0 Å². The molecule has 0 aromatic rings. The lowest BCUT2D eigenvalue weighted by Crippen LogP contribution is -2.14. The highest BCUT2D eigenvalue weighted by atomic mass is 19.2. The second kappa shape index (κ2) is 3.74. The van der Waals surface area contributed by atoms with Gasteiger partial charge in [-0.25, -0.2) is 13.9 Å². The first-order valence-electron chi connectivity index (χ1n) is 2.18. The summed E-state index contributed by atoms with van der Waals surface area (Å²) >= 11 is 0. The van der Waals surface area contributed by atoms with Gasteiger partial charge in [-0.2, -0.15) is 0 Å². The minimum absolute atomic E-state index is 1.02. The molecule has 0 aliphatic carbocycles. The van der Waals surface area contributed by atoms with Crippen LogP contribution in [0.4, 0.5) is 8.78 Å². The Kier molecular flexibility index (Phi) is 3.64. The first-order valence-corrected chi connectivity index (χ1v) is 2.18. The lowest BCUT2D eigenvalue weighted by Gasteiger charge is -2.04. The lowest BCUT2D eigenvalue weighted by atomic mass is 10.7. The quantitative estimate of drug-likeness (QED) is 0.554. The van der Waals surface area contributed by atoms with E-state index in [-0.39, 0.29) is 0 Å². The van der Waals surface area contributed by atoms with E-state index in [2.05, 4.69) is 4.74 Å². The fourth-order valence-electron chi connectivity index (χ4n) is 0.243. The summed E-state index contributed by atoms with van der Waals surface area (Å²) in [6, 6.07) is 0. The van der Waals surface area contributed by atoms with E-state index in [9.17, 15) is 13.9 Å². The van der Waals surface area contributed by atoms with Gasteiger partial charge in [0.15, 0.2) is 6.36 Å². The Hall–Kier alpha value is -0.220. The van der Waals surface area contributed by atoms with Crippen molar-refractivity contribution in [2.45, 2.75) is 19.6 Å². The summed E-state index contributed by atoms with van der Waals surface area (Å²) in [6.07, 6.45) is -3.70. The number of halogens is 2. The minimum Gasteiger partial charge on any atom is -0.312 e. The van der Waals surface area contributed by atoms with Gasteiger partial charge in [-0.05, 0) is 6.92 Å². The maximum Gasteiger partial charge on any atom is 0.228 e. The van der Waals surface area contributed by atoms with Gasteiger partial charge in [0, 0.05) is 0 Å². The summed E-state index contributed by atoms with van der Waals surface area (Å²) in [4.78, 5) is 0.